The predicted molar refractivity (Wildman–Crippen MR) is 140 cm³/mol. The number of ether oxygens (including phenoxy) is 3. The Morgan fingerprint density at radius 2 is 1.84 bits per heavy atom. The fourth-order valence-electron chi connectivity index (χ4n) is 2.98. The normalized spacial score (nSPS) is 12.0. The van der Waals surface area contributed by atoms with Crippen LogP contribution in [0.1, 0.15) is 44.9 Å². The fourth-order valence-corrected chi connectivity index (χ4v) is 2.98. The highest BCUT2D eigenvalue weighted by atomic mass is 127. The Bertz CT molecular complexity index is 846. The van der Waals surface area contributed by atoms with Crippen LogP contribution in [0.15, 0.2) is 47.5 Å². The zero-order chi connectivity index (χ0) is 22.6. The Morgan fingerprint density at radius 3 is 2.50 bits per heavy atom. The maximum atomic E-state index is 10.6. The Balaban J connectivity index is 0.00000512. The van der Waals surface area contributed by atoms with Gasteiger partial charge < -0.3 is 30.0 Å². The molecule has 0 heterocycles. The van der Waals surface area contributed by atoms with Gasteiger partial charge in [-0.3, -0.25) is 0 Å². The Hall–Kier alpha value is -2.20. The highest BCUT2D eigenvalue weighted by Crippen LogP contribution is 2.28. The predicted octanol–water partition coefficient (Wildman–Crippen LogP) is 4.29. The second-order valence-electron chi connectivity index (χ2n) is 7.25. The molecule has 0 aliphatic rings. The first-order valence-corrected chi connectivity index (χ1v) is 10.7. The maximum Gasteiger partial charge on any atom is 0.191 e. The largest absolute Gasteiger partial charge is 0.493 e. The summed E-state index contributed by atoms with van der Waals surface area (Å²) in [5, 5.41) is 17.0. The third-order valence-electron chi connectivity index (χ3n) is 4.37. The number of aliphatic imine (C=N–C) groups is 1. The highest BCUT2D eigenvalue weighted by molar-refractivity contribution is 14.0. The molecule has 0 aliphatic heterocycles. The second-order valence-corrected chi connectivity index (χ2v) is 7.25. The topological polar surface area (TPSA) is 84.3 Å². The van der Waals surface area contributed by atoms with Crippen molar-refractivity contribution < 1.29 is 19.3 Å². The molecule has 0 aliphatic carbocycles. The van der Waals surface area contributed by atoms with Crippen molar-refractivity contribution in [2.24, 2.45) is 4.99 Å². The van der Waals surface area contributed by atoms with E-state index in [2.05, 4.69) is 15.6 Å². The molecule has 0 saturated heterocycles. The smallest absolute Gasteiger partial charge is 0.191 e. The lowest BCUT2D eigenvalue weighted by molar-refractivity contribution is 0.179. The summed E-state index contributed by atoms with van der Waals surface area (Å²) in [5.41, 5.74) is 1.79. The first kappa shape index (κ1) is 27.8. The van der Waals surface area contributed by atoms with Gasteiger partial charge in [0.05, 0.1) is 32.5 Å². The van der Waals surface area contributed by atoms with Crippen LogP contribution < -0.4 is 24.8 Å². The molecule has 7 nitrogen and oxygen atoms in total. The molecule has 0 saturated carbocycles. The summed E-state index contributed by atoms with van der Waals surface area (Å²) in [6.07, 6.45) is -0.607. The molecule has 0 aromatic heterocycles. The Morgan fingerprint density at radius 1 is 1.06 bits per heavy atom. The summed E-state index contributed by atoms with van der Waals surface area (Å²) >= 11 is 0. The van der Waals surface area contributed by atoms with Gasteiger partial charge in [-0.2, -0.15) is 0 Å². The molecule has 8 heteroatoms. The molecular formula is C24H36IN3O4. The van der Waals surface area contributed by atoms with Gasteiger partial charge in [0.2, 0.25) is 0 Å². The minimum atomic E-state index is -0.690. The van der Waals surface area contributed by atoms with Crippen LogP contribution >= 0.6 is 24.0 Å². The van der Waals surface area contributed by atoms with Crippen molar-refractivity contribution in [1.29, 1.82) is 0 Å². The van der Waals surface area contributed by atoms with E-state index in [0.29, 0.717) is 43.7 Å². The molecule has 0 spiro atoms. The van der Waals surface area contributed by atoms with Gasteiger partial charge in [-0.05, 0) is 63.1 Å². The van der Waals surface area contributed by atoms with Crippen molar-refractivity contribution in [3.63, 3.8) is 0 Å². The summed E-state index contributed by atoms with van der Waals surface area (Å²) in [7, 11) is 1.62. The maximum absolute atomic E-state index is 10.6. The van der Waals surface area contributed by atoms with Crippen molar-refractivity contribution >= 4 is 29.9 Å². The van der Waals surface area contributed by atoms with Crippen LogP contribution in [-0.2, 0) is 6.54 Å². The van der Waals surface area contributed by atoms with Crippen LogP contribution in [0.3, 0.4) is 0 Å². The standard InChI is InChI=1S/C24H35N3O4.HI/c1-6-25-24(26-15-18-11-12-22(29-5)23(13-18)30-7-2)27-16-21(28)19-9-8-10-20(14-19)31-17(3)4;/h8-14,17,21,28H,6-7,15-16H2,1-5H3,(H2,25,26,27);1H. The van der Waals surface area contributed by atoms with Crippen molar-refractivity contribution in [2.75, 3.05) is 26.8 Å². The van der Waals surface area contributed by atoms with Crippen LogP contribution in [0, 0.1) is 0 Å². The van der Waals surface area contributed by atoms with Crippen molar-refractivity contribution in [1.82, 2.24) is 10.6 Å². The van der Waals surface area contributed by atoms with Gasteiger partial charge in [0.15, 0.2) is 17.5 Å². The number of methoxy groups -OCH3 is 1. The van der Waals surface area contributed by atoms with Gasteiger partial charge in [0, 0.05) is 13.1 Å². The number of halogens is 1. The summed E-state index contributed by atoms with van der Waals surface area (Å²) in [4.78, 5) is 4.63. The van der Waals surface area contributed by atoms with E-state index in [4.69, 9.17) is 14.2 Å². The number of nitrogens with zero attached hydrogens (tertiary/aromatic N) is 1. The quantitative estimate of drug-likeness (QED) is 0.217. The molecule has 2 aromatic rings. The number of benzene rings is 2. The van der Waals surface area contributed by atoms with Gasteiger partial charge in [0.1, 0.15) is 5.75 Å². The van der Waals surface area contributed by atoms with Gasteiger partial charge in [-0.15, -0.1) is 24.0 Å². The molecule has 32 heavy (non-hydrogen) atoms. The van der Waals surface area contributed by atoms with E-state index in [-0.39, 0.29) is 30.1 Å². The average molecular weight is 557 g/mol. The Kier molecular flexibility index (Phi) is 12.9. The van der Waals surface area contributed by atoms with Crippen LogP contribution in [0.2, 0.25) is 0 Å². The molecular weight excluding hydrogens is 521 g/mol. The summed E-state index contributed by atoms with van der Waals surface area (Å²) < 4.78 is 16.7. The van der Waals surface area contributed by atoms with E-state index < -0.39 is 6.10 Å². The van der Waals surface area contributed by atoms with E-state index in [9.17, 15) is 5.11 Å². The first-order chi connectivity index (χ1) is 15.0. The van der Waals surface area contributed by atoms with Gasteiger partial charge >= 0.3 is 0 Å². The van der Waals surface area contributed by atoms with E-state index in [1.54, 1.807) is 7.11 Å². The number of nitrogens with one attached hydrogen (secondary N) is 2. The summed E-state index contributed by atoms with van der Waals surface area (Å²) in [6, 6.07) is 13.3. The lowest BCUT2D eigenvalue weighted by Gasteiger charge is -2.17. The van der Waals surface area contributed by atoms with Crippen molar-refractivity contribution in [2.45, 2.75) is 46.4 Å². The molecule has 0 fully saturated rings. The number of hydrogen-bond acceptors (Lipinski definition) is 5. The SMILES string of the molecule is CCNC(=NCc1ccc(OC)c(OCC)c1)NCC(O)c1cccc(OC(C)C)c1.I. The van der Waals surface area contributed by atoms with E-state index >= 15 is 0 Å². The van der Waals surface area contributed by atoms with Crippen LogP contribution in [0.25, 0.3) is 0 Å². The number of rotatable bonds is 11. The minimum absolute atomic E-state index is 0. The molecule has 2 aromatic carbocycles. The van der Waals surface area contributed by atoms with Gasteiger partial charge in [-0.1, -0.05) is 18.2 Å². The molecule has 0 bridgehead atoms. The van der Waals surface area contributed by atoms with Crippen LogP contribution in [0.5, 0.6) is 17.2 Å². The van der Waals surface area contributed by atoms with E-state index in [1.807, 2.05) is 70.2 Å². The van der Waals surface area contributed by atoms with Crippen molar-refractivity contribution in [3.8, 4) is 17.2 Å². The van der Waals surface area contributed by atoms with E-state index in [1.165, 1.54) is 0 Å². The van der Waals surface area contributed by atoms with Gasteiger partial charge in [0.25, 0.3) is 0 Å². The van der Waals surface area contributed by atoms with Crippen LogP contribution in [-0.4, -0.2) is 44.0 Å². The lowest BCUT2D eigenvalue weighted by Crippen LogP contribution is -2.39. The third kappa shape index (κ3) is 9.12. The molecule has 0 radical (unpaired) electrons. The monoisotopic (exact) mass is 557 g/mol. The molecule has 1 atom stereocenters. The fraction of sp³-hybridized carbons (Fsp3) is 0.458. The molecule has 1 unspecified atom stereocenters. The van der Waals surface area contributed by atoms with E-state index in [0.717, 1.165) is 16.9 Å². The number of aliphatic hydroxyl groups is 1. The van der Waals surface area contributed by atoms with Crippen LogP contribution in [0.4, 0.5) is 0 Å². The molecule has 3 N–H and O–H groups in total. The van der Waals surface area contributed by atoms with Gasteiger partial charge in [-0.25, -0.2) is 4.99 Å². The van der Waals surface area contributed by atoms with Crippen molar-refractivity contribution in [3.05, 3.63) is 53.6 Å². The second kappa shape index (κ2) is 14.8. The number of hydrogen-bond donors (Lipinski definition) is 3. The minimum Gasteiger partial charge on any atom is -0.493 e. The zero-order valence-electron chi connectivity index (χ0n) is 19.6. The Labute approximate surface area is 208 Å². The first-order valence-electron chi connectivity index (χ1n) is 10.7. The summed E-state index contributed by atoms with van der Waals surface area (Å²) in [5.74, 6) is 2.78. The number of aliphatic hydroxyl groups excluding tert-OH is 1. The average Bonchev–Trinajstić information content (AvgIpc) is 2.75. The molecule has 178 valence electrons. The third-order valence-corrected chi connectivity index (χ3v) is 4.37. The summed E-state index contributed by atoms with van der Waals surface area (Å²) in [6.45, 7) is 9.96. The lowest BCUT2D eigenvalue weighted by atomic mass is 10.1. The number of guanidine groups is 1. The molecule has 2 rings (SSSR count). The zero-order valence-corrected chi connectivity index (χ0v) is 21.9. The highest BCUT2D eigenvalue weighted by Gasteiger charge is 2.11. The molecule has 0 amide bonds.